The van der Waals surface area contributed by atoms with Gasteiger partial charge in [-0.2, -0.15) is 0 Å². The molecule has 202 valence electrons. The van der Waals surface area contributed by atoms with Gasteiger partial charge in [-0.1, -0.05) is 42.5 Å². The van der Waals surface area contributed by atoms with Crippen LogP contribution >= 0.6 is 0 Å². The molecule has 0 radical (unpaired) electrons. The van der Waals surface area contributed by atoms with Crippen LogP contribution in [0.5, 0.6) is 5.75 Å². The maximum Gasteiger partial charge on any atom is 0.337 e. The van der Waals surface area contributed by atoms with Gasteiger partial charge < -0.3 is 19.3 Å². The Hall–Kier alpha value is -3.89. The highest BCUT2D eigenvalue weighted by Gasteiger charge is 2.31. The Morgan fingerprint density at radius 1 is 0.895 bits per heavy atom. The van der Waals surface area contributed by atoms with Gasteiger partial charge in [0, 0.05) is 18.6 Å². The molecule has 0 bridgehead atoms. The van der Waals surface area contributed by atoms with Crippen molar-refractivity contribution in [2.45, 2.75) is 37.3 Å². The van der Waals surface area contributed by atoms with Gasteiger partial charge in [0.15, 0.2) is 0 Å². The van der Waals surface area contributed by atoms with E-state index in [0.717, 1.165) is 4.31 Å². The largest absolute Gasteiger partial charge is 0.497 e. The Labute approximate surface area is 222 Å². The molecule has 0 saturated heterocycles. The van der Waals surface area contributed by atoms with Crippen molar-refractivity contribution in [3.63, 3.8) is 0 Å². The molecule has 0 atom stereocenters. The number of esters is 1. The van der Waals surface area contributed by atoms with Gasteiger partial charge >= 0.3 is 11.9 Å². The molecule has 0 unspecified atom stereocenters. The third-order valence-corrected chi connectivity index (χ3v) is 7.58. The van der Waals surface area contributed by atoms with E-state index in [1.807, 2.05) is 6.07 Å². The molecule has 0 aliphatic carbocycles. The summed E-state index contributed by atoms with van der Waals surface area (Å²) in [6.45, 7) is 0.196. The summed E-state index contributed by atoms with van der Waals surface area (Å²) < 4.78 is 44.6. The van der Waals surface area contributed by atoms with Crippen LogP contribution in [0.15, 0.2) is 77.7 Å². The van der Waals surface area contributed by atoms with Crippen LogP contribution in [0.25, 0.3) is 0 Å². The number of ether oxygens (including phenoxy) is 3. The van der Waals surface area contributed by atoms with Gasteiger partial charge in [-0.25, -0.2) is 13.2 Å². The summed E-state index contributed by atoms with van der Waals surface area (Å²) in [5.74, 6) is -1.07. The zero-order chi connectivity index (χ0) is 27.5. The molecule has 10 heteroatoms. The molecule has 0 spiro atoms. The Kier molecular flexibility index (Phi) is 10.3. The molecular weight excluding hydrogens is 510 g/mol. The van der Waals surface area contributed by atoms with E-state index in [1.165, 1.54) is 44.6 Å². The Morgan fingerprint density at radius 2 is 1.61 bits per heavy atom. The number of carbonyl (C=O) groups excluding carboxylic acids is 1. The van der Waals surface area contributed by atoms with Gasteiger partial charge in [0.05, 0.1) is 43.5 Å². The number of anilines is 1. The predicted octanol–water partition coefficient (Wildman–Crippen LogP) is 4.65. The van der Waals surface area contributed by atoms with E-state index in [0.29, 0.717) is 36.3 Å². The zero-order valence-electron chi connectivity index (χ0n) is 21.3. The molecule has 3 aromatic carbocycles. The summed E-state index contributed by atoms with van der Waals surface area (Å²) in [5, 5.41) is 10.0. The van der Waals surface area contributed by atoms with Crippen molar-refractivity contribution in [3.05, 3.63) is 89.5 Å². The van der Waals surface area contributed by atoms with Crippen LogP contribution in [0.2, 0.25) is 0 Å². The fourth-order valence-corrected chi connectivity index (χ4v) is 5.35. The van der Waals surface area contributed by atoms with E-state index >= 15 is 0 Å². The van der Waals surface area contributed by atoms with Crippen LogP contribution in [0.4, 0.5) is 5.69 Å². The Morgan fingerprint density at radius 3 is 2.24 bits per heavy atom. The normalized spacial score (nSPS) is 11.1. The highest BCUT2D eigenvalue weighted by Crippen LogP contribution is 2.34. The van der Waals surface area contributed by atoms with Crippen molar-refractivity contribution in [2.75, 3.05) is 25.1 Å². The second-order valence-corrected chi connectivity index (χ2v) is 10.2. The summed E-state index contributed by atoms with van der Waals surface area (Å²) in [5.41, 5.74) is 0.962. The molecule has 9 nitrogen and oxygen atoms in total. The van der Waals surface area contributed by atoms with Crippen molar-refractivity contribution in [1.29, 1.82) is 0 Å². The van der Waals surface area contributed by atoms with Crippen molar-refractivity contribution < 1.29 is 37.3 Å². The first-order valence-corrected chi connectivity index (χ1v) is 13.4. The van der Waals surface area contributed by atoms with E-state index in [1.54, 1.807) is 36.4 Å². The van der Waals surface area contributed by atoms with E-state index < -0.39 is 16.0 Å². The SMILES string of the molecule is COC(=O)CCCCOCc1cccc(C(=O)O)c1N(Cc1ccccc1)S(=O)(=O)c1ccc(OC)cc1. The molecule has 0 fully saturated rings. The Balaban J connectivity index is 2.00. The fourth-order valence-electron chi connectivity index (χ4n) is 3.84. The van der Waals surface area contributed by atoms with E-state index in [-0.39, 0.29) is 41.7 Å². The maximum absolute atomic E-state index is 14.0. The number of carbonyl (C=O) groups is 2. The average molecular weight is 542 g/mol. The van der Waals surface area contributed by atoms with Gasteiger partial charge in [0.25, 0.3) is 10.0 Å². The minimum atomic E-state index is -4.20. The highest BCUT2D eigenvalue weighted by molar-refractivity contribution is 7.92. The molecule has 0 aromatic heterocycles. The van der Waals surface area contributed by atoms with Gasteiger partial charge in [-0.3, -0.25) is 9.10 Å². The smallest absolute Gasteiger partial charge is 0.337 e. The number of benzene rings is 3. The molecule has 3 rings (SSSR count). The topological polar surface area (TPSA) is 119 Å². The second-order valence-electron chi connectivity index (χ2n) is 8.38. The second kappa shape index (κ2) is 13.6. The van der Waals surface area contributed by atoms with Crippen LogP contribution in [0.3, 0.4) is 0 Å². The molecule has 0 saturated carbocycles. The first kappa shape index (κ1) is 28.7. The van der Waals surface area contributed by atoms with Crippen molar-refractivity contribution in [1.82, 2.24) is 0 Å². The standard InChI is InChI=1S/C28H31NO8S/c1-35-23-14-16-24(17-15-23)38(33,34)29(19-21-9-4-3-5-10-21)27-22(11-8-12-25(27)28(31)32)20-37-18-7-6-13-26(30)36-2/h3-5,8-12,14-17H,6-7,13,18-20H2,1-2H3,(H,31,32). The number of rotatable bonds is 14. The zero-order valence-corrected chi connectivity index (χ0v) is 22.1. The quantitative estimate of drug-likeness (QED) is 0.231. The predicted molar refractivity (Wildman–Crippen MR) is 142 cm³/mol. The molecule has 38 heavy (non-hydrogen) atoms. The first-order valence-electron chi connectivity index (χ1n) is 12.0. The highest BCUT2D eigenvalue weighted by atomic mass is 32.2. The number of hydrogen-bond acceptors (Lipinski definition) is 7. The monoisotopic (exact) mass is 541 g/mol. The van der Waals surface area contributed by atoms with E-state index in [4.69, 9.17) is 9.47 Å². The average Bonchev–Trinajstić information content (AvgIpc) is 2.93. The molecule has 0 amide bonds. The fraction of sp³-hybridized carbons (Fsp3) is 0.286. The lowest BCUT2D eigenvalue weighted by atomic mass is 10.1. The third-order valence-electron chi connectivity index (χ3n) is 5.82. The summed E-state index contributed by atoms with van der Waals surface area (Å²) in [4.78, 5) is 23.5. The summed E-state index contributed by atoms with van der Waals surface area (Å²) in [6.07, 6.45) is 1.42. The molecule has 0 aliphatic heterocycles. The number of nitrogens with zero attached hydrogens (tertiary/aromatic N) is 1. The lowest BCUT2D eigenvalue weighted by Gasteiger charge is -2.28. The van der Waals surface area contributed by atoms with Crippen molar-refractivity contribution in [2.24, 2.45) is 0 Å². The van der Waals surface area contributed by atoms with Gasteiger partial charge in [0.2, 0.25) is 0 Å². The van der Waals surface area contributed by atoms with Crippen LogP contribution in [-0.2, 0) is 37.4 Å². The molecule has 0 aliphatic rings. The van der Waals surface area contributed by atoms with Crippen molar-refractivity contribution >= 4 is 27.6 Å². The van der Waals surface area contributed by atoms with E-state index in [2.05, 4.69) is 4.74 Å². The molecular formula is C28H31NO8S. The number of carboxylic acid groups (broad SMARTS) is 1. The maximum atomic E-state index is 14.0. The van der Waals surface area contributed by atoms with Crippen LogP contribution in [0.1, 0.15) is 40.7 Å². The van der Waals surface area contributed by atoms with Gasteiger partial charge in [0.1, 0.15) is 5.75 Å². The first-order chi connectivity index (χ1) is 18.3. The van der Waals surface area contributed by atoms with E-state index in [9.17, 15) is 23.1 Å². The minimum absolute atomic E-state index is 0.0101. The van der Waals surface area contributed by atoms with Crippen LogP contribution in [-0.4, -0.2) is 46.3 Å². The third kappa shape index (κ3) is 7.33. The number of sulfonamides is 1. The van der Waals surface area contributed by atoms with Gasteiger partial charge in [-0.05, 0) is 48.7 Å². The lowest BCUT2D eigenvalue weighted by Crippen LogP contribution is -2.33. The number of hydrogen-bond donors (Lipinski definition) is 1. The molecule has 3 aromatic rings. The number of carboxylic acids is 1. The summed E-state index contributed by atoms with van der Waals surface area (Å²) in [6, 6.07) is 19.4. The molecule has 1 N–H and O–H groups in total. The van der Waals surface area contributed by atoms with Crippen molar-refractivity contribution in [3.8, 4) is 5.75 Å². The van der Waals surface area contributed by atoms with Crippen LogP contribution in [0, 0.1) is 0 Å². The van der Waals surface area contributed by atoms with Crippen LogP contribution < -0.4 is 9.04 Å². The Bertz CT molecular complexity index is 1320. The lowest BCUT2D eigenvalue weighted by molar-refractivity contribution is -0.140. The minimum Gasteiger partial charge on any atom is -0.497 e. The number of unbranched alkanes of at least 4 members (excludes halogenated alkanes) is 1. The number of aromatic carboxylic acids is 1. The van der Waals surface area contributed by atoms with Gasteiger partial charge in [-0.15, -0.1) is 0 Å². The number of methoxy groups -OCH3 is 2. The number of para-hydroxylation sites is 1. The molecule has 0 heterocycles. The summed E-state index contributed by atoms with van der Waals surface area (Å²) in [7, 11) is -1.39. The summed E-state index contributed by atoms with van der Waals surface area (Å²) >= 11 is 0.